The van der Waals surface area contributed by atoms with Crippen molar-refractivity contribution in [2.75, 3.05) is 0 Å². The fourth-order valence-corrected chi connectivity index (χ4v) is 1.54. The van der Waals surface area contributed by atoms with E-state index in [1.807, 2.05) is 24.3 Å². The van der Waals surface area contributed by atoms with Gasteiger partial charge in [-0.05, 0) is 23.8 Å². The van der Waals surface area contributed by atoms with Crippen molar-refractivity contribution in [2.45, 2.75) is 13.1 Å². The number of hydrogen-bond acceptors (Lipinski definition) is 2. The Hall–Kier alpha value is -1.88. The van der Waals surface area contributed by atoms with Crippen LogP contribution in [-0.4, -0.2) is 15.3 Å². The van der Waals surface area contributed by atoms with E-state index in [4.69, 9.17) is 12.2 Å². The number of aromatic nitrogens is 2. The largest absolute Gasteiger partial charge is 0.359 e. The first-order valence-electron chi connectivity index (χ1n) is 5.38. The summed E-state index contributed by atoms with van der Waals surface area (Å²) >= 11 is 5.17. The van der Waals surface area contributed by atoms with Crippen LogP contribution in [0, 0.1) is 0 Å². The van der Waals surface area contributed by atoms with Gasteiger partial charge in [-0.2, -0.15) is 5.10 Å². The zero-order valence-corrected chi connectivity index (χ0v) is 10.1. The van der Waals surface area contributed by atoms with Crippen LogP contribution in [0.3, 0.4) is 0 Å². The molecular formula is C12H14N4S. The summed E-state index contributed by atoms with van der Waals surface area (Å²) in [6, 6.07) is 12.1. The summed E-state index contributed by atoms with van der Waals surface area (Å²) in [5.41, 5.74) is 2.21. The minimum atomic E-state index is 0.642. The molecule has 17 heavy (non-hydrogen) atoms. The molecule has 0 aliphatic carbocycles. The molecule has 3 N–H and O–H groups in total. The molecule has 0 saturated heterocycles. The average Bonchev–Trinajstić information content (AvgIpc) is 2.88. The average molecular weight is 246 g/mol. The van der Waals surface area contributed by atoms with Gasteiger partial charge in [0.25, 0.3) is 0 Å². The van der Waals surface area contributed by atoms with Crippen LogP contribution in [0.25, 0.3) is 0 Å². The Bertz CT molecular complexity index is 453. The molecule has 2 rings (SSSR count). The van der Waals surface area contributed by atoms with E-state index in [-0.39, 0.29) is 0 Å². The van der Waals surface area contributed by atoms with Crippen molar-refractivity contribution in [1.29, 1.82) is 0 Å². The van der Waals surface area contributed by atoms with E-state index in [2.05, 4.69) is 33.0 Å². The van der Waals surface area contributed by atoms with Gasteiger partial charge in [-0.1, -0.05) is 30.3 Å². The Labute approximate surface area is 105 Å². The van der Waals surface area contributed by atoms with Gasteiger partial charge >= 0.3 is 0 Å². The number of rotatable bonds is 4. The van der Waals surface area contributed by atoms with Gasteiger partial charge in [-0.15, -0.1) is 0 Å². The van der Waals surface area contributed by atoms with E-state index >= 15 is 0 Å². The van der Waals surface area contributed by atoms with E-state index < -0.39 is 0 Å². The van der Waals surface area contributed by atoms with Gasteiger partial charge in [0.05, 0.1) is 12.2 Å². The van der Waals surface area contributed by atoms with Crippen molar-refractivity contribution < 1.29 is 0 Å². The van der Waals surface area contributed by atoms with Crippen LogP contribution in [0.5, 0.6) is 0 Å². The highest BCUT2D eigenvalue weighted by atomic mass is 32.1. The molecule has 0 spiro atoms. The molecular weight excluding hydrogens is 232 g/mol. The first-order valence-corrected chi connectivity index (χ1v) is 5.79. The van der Waals surface area contributed by atoms with Crippen LogP contribution >= 0.6 is 12.2 Å². The summed E-state index contributed by atoms with van der Waals surface area (Å²) in [6.45, 7) is 1.39. The zero-order valence-electron chi connectivity index (χ0n) is 9.31. The molecule has 0 unspecified atom stereocenters. The molecule has 0 radical (unpaired) electrons. The molecule has 0 aliphatic rings. The molecule has 0 atom stereocenters. The third kappa shape index (κ3) is 3.88. The van der Waals surface area contributed by atoms with Gasteiger partial charge < -0.3 is 10.6 Å². The van der Waals surface area contributed by atoms with Crippen LogP contribution in [0.15, 0.2) is 42.6 Å². The van der Waals surface area contributed by atoms with Crippen molar-refractivity contribution in [1.82, 2.24) is 20.8 Å². The Kier molecular flexibility index (Phi) is 4.10. The number of nitrogens with zero attached hydrogens (tertiary/aromatic N) is 1. The van der Waals surface area contributed by atoms with E-state index in [0.717, 1.165) is 12.2 Å². The molecule has 1 heterocycles. The minimum Gasteiger partial charge on any atom is -0.359 e. The van der Waals surface area contributed by atoms with Crippen molar-refractivity contribution in [3.05, 3.63) is 53.9 Å². The van der Waals surface area contributed by atoms with E-state index in [1.165, 1.54) is 5.56 Å². The number of hydrogen-bond donors (Lipinski definition) is 3. The van der Waals surface area contributed by atoms with Gasteiger partial charge in [-0.25, -0.2) is 0 Å². The highest BCUT2D eigenvalue weighted by Crippen LogP contribution is 1.97. The van der Waals surface area contributed by atoms with Gasteiger partial charge in [0.1, 0.15) is 0 Å². The lowest BCUT2D eigenvalue weighted by Gasteiger charge is -2.09. The first-order chi connectivity index (χ1) is 8.34. The molecule has 1 aromatic heterocycles. The van der Waals surface area contributed by atoms with Crippen LogP contribution in [-0.2, 0) is 13.1 Å². The maximum Gasteiger partial charge on any atom is 0.166 e. The minimum absolute atomic E-state index is 0.642. The summed E-state index contributed by atoms with van der Waals surface area (Å²) in [5.74, 6) is 0. The third-order valence-electron chi connectivity index (χ3n) is 2.29. The summed E-state index contributed by atoms with van der Waals surface area (Å²) in [7, 11) is 0. The lowest BCUT2D eigenvalue weighted by Crippen LogP contribution is -2.34. The van der Waals surface area contributed by atoms with E-state index in [0.29, 0.717) is 11.7 Å². The second-order valence-electron chi connectivity index (χ2n) is 3.60. The van der Waals surface area contributed by atoms with Crippen molar-refractivity contribution in [3.8, 4) is 0 Å². The molecule has 0 fully saturated rings. The van der Waals surface area contributed by atoms with Gasteiger partial charge in [0.15, 0.2) is 5.11 Å². The van der Waals surface area contributed by atoms with Crippen molar-refractivity contribution >= 4 is 17.3 Å². The van der Waals surface area contributed by atoms with Crippen LogP contribution in [0.1, 0.15) is 11.3 Å². The highest BCUT2D eigenvalue weighted by molar-refractivity contribution is 7.80. The fourth-order valence-electron chi connectivity index (χ4n) is 1.40. The smallest absolute Gasteiger partial charge is 0.166 e. The Balaban J connectivity index is 1.71. The van der Waals surface area contributed by atoms with Crippen molar-refractivity contribution in [3.63, 3.8) is 0 Å². The Morgan fingerprint density at radius 2 is 1.88 bits per heavy atom. The molecule has 0 aliphatic heterocycles. The van der Waals surface area contributed by atoms with E-state index in [1.54, 1.807) is 6.20 Å². The molecule has 88 valence electrons. The number of H-pyrrole nitrogens is 1. The zero-order chi connectivity index (χ0) is 11.9. The first kappa shape index (κ1) is 11.6. The summed E-state index contributed by atoms with van der Waals surface area (Å²) in [5, 5.41) is 13.6. The standard InChI is InChI=1S/C12H14N4S/c17-12(14-9-11-6-7-15-16-11)13-8-10-4-2-1-3-5-10/h1-7H,8-9H2,(H,15,16)(H2,13,14,17). The molecule has 4 nitrogen and oxygen atoms in total. The predicted molar refractivity (Wildman–Crippen MR) is 71.3 cm³/mol. The lowest BCUT2D eigenvalue weighted by molar-refractivity contribution is 0.810. The van der Waals surface area contributed by atoms with Crippen LogP contribution < -0.4 is 10.6 Å². The second-order valence-corrected chi connectivity index (χ2v) is 4.01. The Morgan fingerprint density at radius 3 is 2.59 bits per heavy atom. The monoisotopic (exact) mass is 246 g/mol. The molecule has 2 aromatic rings. The van der Waals surface area contributed by atoms with Crippen molar-refractivity contribution in [2.24, 2.45) is 0 Å². The molecule has 0 amide bonds. The molecule has 1 aromatic carbocycles. The van der Waals surface area contributed by atoms with Crippen LogP contribution in [0.2, 0.25) is 0 Å². The fraction of sp³-hybridized carbons (Fsp3) is 0.167. The molecule has 0 saturated carbocycles. The summed E-state index contributed by atoms with van der Waals surface area (Å²) in [6.07, 6.45) is 1.72. The number of nitrogens with one attached hydrogen (secondary N) is 3. The second kappa shape index (κ2) is 6.00. The normalized spacial score (nSPS) is 9.88. The van der Waals surface area contributed by atoms with Crippen LogP contribution in [0.4, 0.5) is 0 Å². The number of thiocarbonyl (C=S) groups is 1. The van der Waals surface area contributed by atoms with E-state index in [9.17, 15) is 0 Å². The SMILES string of the molecule is S=C(NCc1ccccc1)NCc1ccn[nH]1. The highest BCUT2D eigenvalue weighted by Gasteiger charge is 1.97. The van der Waals surface area contributed by atoms with Gasteiger partial charge in [0.2, 0.25) is 0 Å². The third-order valence-corrected chi connectivity index (χ3v) is 2.58. The molecule has 5 heteroatoms. The number of aromatic amines is 1. The quantitative estimate of drug-likeness (QED) is 0.717. The van der Waals surface area contributed by atoms with Gasteiger partial charge in [0, 0.05) is 12.7 Å². The molecule has 0 bridgehead atoms. The maximum atomic E-state index is 5.17. The summed E-state index contributed by atoms with van der Waals surface area (Å²) < 4.78 is 0. The topological polar surface area (TPSA) is 52.7 Å². The summed E-state index contributed by atoms with van der Waals surface area (Å²) in [4.78, 5) is 0. The predicted octanol–water partition coefficient (Wildman–Crippen LogP) is 1.57. The number of benzene rings is 1. The van der Waals surface area contributed by atoms with Gasteiger partial charge in [-0.3, -0.25) is 5.10 Å². The lowest BCUT2D eigenvalue weighted by atomic mass is 10.2. The maximum absolute atomic E-state index is 5.17. The Morgan fingerprint density at radius 1 is 1.12 bits per heavy atom.